The molecule has 0 bridgehead atoms. The number of thiophene rings is 3. The van der Waals surface area contributed by atoms with Crippen LogP contribution in [-0.4, -0.2) is 218 Å². The van der Waals surface area contributed by atoms with Crippen molar-refractivity contribution in [1.82, 2.24) is 38.5 Å². The molecule has 12 rings (SSSR count). The van der Waals surface area contributed by atoms with E-state index in [1.807, 2.05) is 32.0 Å². The Balaban J connectivity index is 0.000000219. The van der Waals surface area contributed by atoms with Gasteiger partial charge in [-0.05, 0) is 119 Å². The number of amides is 2. The minimum Gasteiger partial charge on any atom is -0.495 e. The van der Waals surface area contributed by atoms with Crippen molar-refractivity contribution in [2.75, 3.05) is 67.9 Å². The van der Waals surface area contributed by atoms with Gasteiger partial charge in [-0.1, -0.05) is 42.2 Å². The van der Waals surface area contributed by atoms with Gasteiger partial charge in [0.2, 0.25) is 47.9 Å². The Bertz CT molecular complexity index is 4500. The average molecular weight is 1650 g/mol. The molecule has 0 aliphatic carbocycles. The number of aryl methyl sites for hydroxylation is 2. The summed E-state index contributed by atoms with van der Waals surface area (Å²) >= 11 is 26.9. The van der Waals surface area contributed by atoms with Crippen LogP contribution in [0.1, 0.15) is 74.7 Å². The first kappa shape index (κ1) is 85.2. The lowest BCUT2D eigenvalue weighted by Gasteiger charge is -2.38. The number of pyridine rings is 3. The van der Waals surface area contributed by atoms with E-state index in [9.17, 15) is 34.8 Å². The Kier molecular flexibility index (Phi) is 27.9. The van der Waals surface area contributed by atoms with Gasteiger partial charge in [0.15, 0.2) is 0 Å². The molecule has 6 aromatic rings. The molecule has 6 aromatic heterocycles. The number of alkyl carbamates (subject to hydrolysis) is 2. The first-order valence-corrected chi connectivity index (χ1v) is 38.7. The molecular formula is C59H74B4BrCl3FN12O16S6. The highest BCUT2D eigenvalue weighted by molar-refractivity contribution is 9.11. The number of rotatable bonds is 7. The molecule has 6 N–H and O–H groups in total. The Morgan fingerprint density at radius 1 is 0.637 bits per heavy atom. The molecule has 43 heteroatoms. The second-order valence-corrected chi connectivity index (χ2v) is 37.1. The van der Waals surface area contributed by atoms with Crippen molar-refractivity contribution in [3.8, 4) is 26.6 Å². The molecule has 12 heterocycles. The lowest BCUT2D eigenvalue weighted by atomic mass is 9.40. The van der Waals surface area contributed by atoms with E-state index >= 15 is 0 Å². The Morgan fingerprint density at radius 3 is 1.35 bits per heavy atom. The Morgan fingerprint density at radius 2 is 1.00 bits per heavy atom. The van der Waals surface area contributed by atoms with Crippen molar-refractivity contribution in [2.24, 2.45) is 20.7 Å². The van der Waals surface area contributed by atoms with Crippen LogP contribution in [0.15, 0.2) is 92.3 Å². The molecule has 5 radical (unpaired) electrons. The Labute approximate surface area is 631 Å². The predicted octanol–water partition coefficient (Wildman–Crippen LogP) is 6.81. The molecule has 549 valence electrons. The van der Waals surface area contributed by atoms with Crippen LogP contribution in [0.5, 0.6) is 5.75 Å². The number of hydrogen-bond donors (Lipinski definition) is 5. The second-order valence-electron chi connectivity index (χ2n) is 24.9. The quantitative estimate of drug-likeness (QED) is 0.102. The third-order valence-corrected chi connectivity index (χ3v) is 27.8. The maximum absolute atomic E-state index is 13.4. The molecule has 6 aliphatic rings. The molecule has 102 heavy (non-hydrogen) atoms. The lowest BCUT2D eigenvalue weighted by Crippen LogP contribution is -2.58. The number of hydrogen-bond acceptors (Lipinski definition) is 26. The van der Waals surface area contributed by atoms with Gasteiger partial charge in [0.05, 0.1) is 86.4 Å². The number of sulfonamides is 3. The van der Waals surface area contributed by atoms with Crippen LogP contribution in [0.3, 0.4) is 0 Å². The van der Waals surface area contributed by atoms with E-state index in [4.69, 9.17) is 84.0 Å². The maximum Gasteiger partial charge on any atom is 0.490 e. The van der Waals surface area contributed by atoms with Gasteiger partial charge in [-0.25, -0.2) is 62.7 Å². The zero-order chi connectivity index (χ0) is 74.0. The molecule has 3 saturated heterocycles. The molecule has 3 fully saturated rings. The fourth-order valence-electron chi connectivity index (χ4n) is 10.8. The normalized spacial score (nSPS) is 23.1. The van der Waals surface area contributed by atoms with Crippen LogP contribution in [0.4, 0.5) is 14.3 Å². The molecule has 3 unspecified atom stereocenters. The van der Waals surface area contributed by atoms with Crippen molar-refractivity contribution in [3.63, 3.8) is 0 Å². The molecule has 0 aromatic carbocycles. The van der Waals surface area contributed by atoms with Crippen LogP contribution in [-0.2, 0) is 70.4 Å². The van der Waals surface area contributed by atoms with Crippen LogP contribution in [0.25, 0.3) is 20.9 Å². The van der Waals surface area contributed by atoms with E-state index in [1.165, 1.54) is 80.7 Å². The van der Waals surface area contributed by atoms with Crippen molar-refractivity contribution < 1.29 is 78.0 Å². The summed E-state index contributed by atoms with van der Waals surface area (Å²) < 4.78 is 114. The van der Waals surface area contributed by atoms with E-state index in [2.05, 4.69) is 67.0 Å². The van der Waals surface area contributed by atoms with Crippen molar-refractivity contribution in [3.05, 3.63) is 118 Å². The topological polar surface area (TPSA) is 368 Å². The van der Waals surface area contributed by atoms with E-state index in [0.717, 1.165) is 55.8 Å². The largest absolute Gasteiger partial charge is 0.495 e. The highest BCUT2D eigenvalue weighted by Crippen LogP contribution is 2.53. The minimum absolute atomic E-state index is 0. The monoisotopic (exact) mass is 1650 g/mol. The SMILES string of the molecule is C.CN1C(NC(=O)OC(C)(C)C)=N[C@@]2(c3sc(Br)cc3Cl)COCC2S1(=O)=O.COc1cncc(B(O)O)c1.Cc1cncc(-c2cc(Cl)c([C@]34COCC3S(=O)(=O)N(C)C(N)=N4)s2)c1.Cc1cncc(-c2cc(Cl)c([C@]34COCC3S(=O)(=O)N(C)C(NC(=O)OC(C)(C)C)=N4)s2)c1.F.[B][B][B]. The lowest BCUT2D eigenvalue weighted by molar-refractivity contribution is 0.0546. The van der Waals surface area contributed by atoms with Crippen molar-refractivity contribution in [2.45, 2.75) is 106 Å². The van der Waals surface area contributed by atoms with Gasteiger partial charge in [-0.15, -0.1) is 34.0 Å². The number of guanidine groups is 3. The molecular weight excluding hydrogens is 1570 g/mol. The number of carbonyl (C=O) groups is 2. The van der Waals surface area contributed by atoms with Crippen LogP contribution in [0.2, 0.25) is 15.1 Å². The van der Waals surface area contributed by atoms with Crippen molar-refractivity contribution in [1.29, 1.82) is 0 Å². The summed E-state index contributed by atoms with van der Waals surface area (Å²) in [6.45, 7) is 14.3. The fraction of sp³-hybridized carbons (Fsp3) is 0.458. The number of nitrogens with two attached hydrogens (primary N) is 1. The van der Waals surface area contributed by atoms with Gasteiger partial charge in [0.25, 0.3) is 0 Å². The number of aliphatic imine (C=N–C) groups is 3. The minimum atomic E-state index is -3.92. The number of carbonyl (C=O) groups excluding carboxylic acids is 2. The first-order valence-electron chi connectivity index (χ1n) is 29.8. The summed E-state index contributed by atoms with van der Waals surface area (Å²) in [6, 6.07) is 10.8. The van der Waals surface area contributed by atoms with Crippen molar-refractivity contribution >= 4 is 180 Å². The van der Waals surface area contributed by atoms with Gasteiger partial charge in [0, 0.05) is 101 Å². The van der Waals surface area contributed by atoms with Crippen LogP contribution >= 0.6 is 84.7 Å². The number of ether oxygens (including phenoxy) is 6. The Hall–Kier alpha value is -5.71. The van der Waals surface area contributed by atoms with Gasteiger partial charge in [-0.3, -0.25) is 30.3 Å². The molecule has 0 spiro atoms. The van der Waals surface area contributed by atoms with E-state index < -0.39 is 92.9 Å². The third-order valence-electron chi connectivity index (χ3n) is 15.5. The summed E-state index contributed by atoms with van der Waals surface area (Å²) in [6.07, 6.45) is 8.26. The van der Waals surface area contributed by atoms with Gasteiger partial charge >= 0.3 is 19.3 Å². The molecule has 0 saturated carbocycles. The average Bonchev–Trinajstić information content (AvgIpc) is 1.52. The first-order chi connectivity index (χ1) is 46.6. The summed E-state index contributed by atoms with van der Waals surface area (Å²) in [7, 11) is 2.62. The zero-order valence-corrected chi connectivity index (χ0v) is 65.0. The highest BCUT2D eigenvalue weighted by atomic mass is 79.9. The summed E-state index contributed by atoms with van der Waals surface area (Å²) in [5, 5.41) is 20.8. The number of fused-ring (bicyclic) bond motifs is 3. The summed E-state index contributed by atoms with van der Waals surface area (Å²) in [5.41, 5.74) is 4.88. The molecule has 28 nitrogen and oxygen atoms in total. The summed E-state index contributed by atoms with van der Waals surface area (Å²) in [4.78, 5) is 54.1. The maximum atomic E-state index is 13.4. The summed E-state index contributed by atoms with van der Waals surface area (Å²) in [5.74, 6) is 0.173. The molecule has 6 aliphatic heterocycles. The smallest absolute Gasteiger partial charge is 0.490 e. The second kappa shape index (κ2) is 33.4. The predicted molar refractivity (Wildman–Crippen MR) is 403 cm³/mol. The molecule has 6 atom stereocenters. The van der Waals surface area contributed by atoms with E-state index in [0.29, 0.717) is 40.9 Å². The highest BCUT2D eigenvalue weighted by Gasteiger charge is 2.62. The number of nitrogens with zero attached hydrogens (tertiary/aromatic N) is 9. The number of aromatic nitrogens is 3. The third kappa shape index (κ3) is 18.2. The van der Waals surface area contributed by atoms with E-state index in [1.54, 1.807) is 78.5 Å². The van der Waals surface area contributed by atoms with Crippen LogP contribution < -0.4 is 26.6 Å². The van der Waals surface area contributed by atoms with Gasteiger partial charge in [-0.2, -0.15) is 0 Å². The fourth-order valence-corrected chi connectivity index (χ4v) is 21.7. The number of halogens is 5. The van der Waals surface area contributed by atoms with E-state index in [-0.39, 0.29) is 69.7 Å². The van der Waals surface area contributed by atoms with Crippen LogP contribution in [0, 0.1) is 13.8 Å². The number of nitrogens with one attached hydrogen (secondary N) is 2. The number of methoxy groups -OCH3 is 1. The van der Waals surface area contributed by atoms with Gasteiger partial charge in [0.1, 0.15) is 49.3 Å². The zero-order valence-electron chi connectivity index (χ0n) is 56.3. The molecule has 2 amide bonds. The van der Waals surface area contributed by atoms with Gasteiger partial charge < -0.3 is 44.2 Å². The standard InChI is InChI=1S/C21H25ClN4O5S2.C16H17ClN4O3S2.C15H19BrClN3O5S2.C6H8BNO3.CH4.B3.FH/c1-12-6-13(9-23-8-12)15-7-14(22)17(32-15)21-11-30-10-16(21)33(28,29)26(5)18(25-21)24-19(27)31-20(2,3)4;1-9-3-10(6-19-5-9)12-4-11(17)14(25-12)16-8-24-7-13(16)26(22,23)21(2)15(18)20-16;1-14(2,3)25-13(21)18-12-19-15(11-8(17)5-10(16)26-11)7-24-6-9(15)27(22,23)20(12)4;1-11-6-2-5(7(9)10)3-8-4-6;;1-3-2;/h6-9,16H,10-11H2,1-5H3,(H,24,25,27);3-6,13H,7-8H2,1-2H3,(H2,18,20);5,9H,6-7H2,1-4H3,(H,18,19,21);2-4,9-10H,1H3;1H4;;1H/t16?,21-;13?,16-;9?,15-;;;;/m000..../s1.